The Kier molecular flexibility index (Phi) is 4.33. The number of piperidine rings is 1. The Morgan fingerprint density at radius 3 is 2.58 bits per heavy atom. The molecule has 0 saturated carbocycles. The molecule has 2 aliphatic heterocycles. The van der Waals surface area contributed by atoms with Crippen molar-refractivity contribution in [2.24, 2.45) is 0 Å². The van der Waals surface area contributed by atoms with Crippen LogP contribution in [0.2, 0.25) is 10.0 Å². The highest BCUT2D eigenvalue weighted by Crippen LogP contribution is 2.45. The molecule has 3 nitrogen and oxygen atoms in total. The number of benzene rings is 2. The van der Waals surface area contributed by atoms with Crippen molar-refractivity contribution in [1.29, 1.82) is 0 Å². The number of halogens is 2. The van der Waals surface area contributed by atoms with Gasteiger partial charge in [-0.2, -0.15) is 0 Å². The largest absolute Gasteiger partial charge is 0.492 e. The molecule has 0 amide bonds. The molecule has 0 radical (unpaired) electrons. The summed E-state index contributed by atoms with van der Waals surface area (Å²) in [5.41, 5.74) is 2.29. The topological polar surface area (TPSA) is 30.5 Å². The molecule has 2 heterocycles. The second-order valence-corrected chi connectivity index (χ2v) is 7.28. The highest BCUT2D eigenvalue weighted by Gasteiger charge is 2.41. The number of ether oxygens (including phenoxy) is 2. The van der Waals surface area contributed by atoms with Crippen molar-refractivity contribution < 1.29 is 9.47 Å². The lowest BCUT2D eigenvalue weighted by Gasteiger charge is -2.32. The normalized spacial score (nSPS) is 18.2. The van der Waals surface area contributed by atoms with E-state index in [0.29, 0.717) is 16.7 Å². The van der Waals surface area contributed by atoms with Crippen molar-refractivity contribution >= 4 is 23.2 Å². The summed E-state index contributed by atoms with van der Waals surface area (Å²) in [7, 11) is 0. The van der Waals surface area contributed by atoms with Crippen LogP contribution in [0, 0.1) is 0 Å². The molecule has 0 unspecified atom stereocenters. The third kappa shape index (κ3) is 2.85. The first-order chi connectivity index (χ1) is 11.7. The summed E-state index contributed by atoms with van der Waals surface area (Å²) in [6, 6.07) is 11.6. The molecule has 1 N–H and O–H groups in total. The molecule has 0 aliphatic carbocycles. The van der Waals surface area contributed by atoms with Gasteiger partial charge in [-0.1, -0.05) is 35.3 Å². The standard InChI is InChI=1S/C19H19Cl2NO2/c20-16-2-1-3-17(21)14(16)11-23-13-4-5-15-18(10-13)24-12-19(15)6-8-22-9-7-19/h1-5,10,22H,6-9,11-12H2. The summed E-state index contributed by atoms with van der Waals surface area (Å²) >= 11 is 12.4. The van der Waals surface area contributed by atoms with Crippen LogP contribution in [0.4, 0.5) is 0 Å². The van der Waals surface area contributed by atoms with Crippen LogP contribution in [-0.4, -0.2) is 19.7 Å². The monoisotopic (exact) mass is 363 g/mol. The minimum absolute atomic E-state index is 0.172. The van der Waals surface area contributed by atoms with Crippen molar-refractivity contribution in [3.63, 3.8) is 0 Å². The quantitative estimate of drug-likeness (QED) is 0.865. The van der Waals surface area contributed by atoms with Crippen LogP contribution in [0.5, 0.6) is 11.5 Å². The van der Waals surface area contributed by atoms with Crippen LogP contribution < -0.4 is 14.8 Å². The summed E-state index contributed by atoms with van der Waals surface area (Å²) < 4.78 is 11.9. The van der Waals surface area contributed by atoms with Gasteiger partial charge in [-0.3, -0.25) is 0 Å². The van der Waals surface area contributed by atoms with Gasteiger partial charge in [0.1, 0.15) is 18.1 Å². The average molecular weight is 364 g/mol. The van der Waals surface area contributed by atoms with E-state index in [4.69, 9.17) is 32.7 Å². The Labute approximate surface area is 151 Å². The number of rotatable bonds is 3. The molecular formula is C19H19Cl2NO2. The lowest BCUT2D eigenvalue weighted by molar-refractivity contribution is 0.220. The van der Waals surface area contributed by atoms with Gasteiger partial charge in [0.2, 0.25) is 0 Å². The zero-order valence-corrected chi connectivity index (χ0v) is 14.8. The van der Waals surface area contributed by atoms with E-state index in [-0.39, 0.29) is 5.41 Å². The van der Waals surface area contributed by atoms with E-state index in [0.717, 1.165) is 49.6 Å². The molecular weight excluding hydrogens is 345 g/mol. The van der Waals surface area contributed by atoms with E-state index in [1.54, 1.807) is 0 Å². The molecule has 0 aromatic heterocycles. The van der Waals surface area contributed by atoms with Crippen molar-refractivity contribution in [2.45, 2.75) is 24.9 Å². The molecule has 2 aromatic rings. The third-order valence-corrected chi connectivity index (χ3v) is 5.74. The lowest BCUT2D eigenvalue weighted by Crippen LogP contribution is -2.40. The first kappa shape index (κ1) is 16.1. The van der Waals surface area contributed by atoms with Gasteiger partial charge >= 0.3 is 0 Å². The molecule has 0 bridgehead atoms. The molecule has 1 fully saturated rings. The summed E-state index contributed by atoms with van der Waals surface area (Å²) in [5, 5.41) is 4.66. The molecule has 1 spiro atoms. The molecule has 24 heavy (non-hydrogen) atoms. The van der Waals surface area contributed by atoms with Gasteiger partial charge in [-0.15, -0.1) is 0 Å². The Hall–Kier alpha value is -1.42. The smallest absolute Gasteiger partial charge is 0.126 e. The van der Waals surface area contributed by atoms with E-state index in [9.17, 15) is 0 Å². The highest BCUT2D eigenvalue weighted by molar-refractivity contribution is 6.35. The molecule has 126 valence electrons. The molecule has 5 heteroatoms. The van der Waals surface area contributed by atoms with E-state index >= 15 is 0 Å². The predicted octanol–water partition coefficient (Wildman–Crippen LogP) is 4.59. The maximum atomic E-state index is 6.19. The molecule has 4 rings (SSSR count). The second kappa shape index (κ2) is 6.47. The van der Waals surface area contributed by atoms with Crippen LogP contribution in [0.15, 0.2) is 36.4 Å². The summed E-state index contributed by atoms with van der Waals surface area (Å²) in [5.74, 6) is 1.72. The van der Waals surface area contributed by atoms with Gasteiger partial charge in [0.25, 0.3) is 0 Å². The van der Waals surface area contributed by atoms with Crippen LogP contribution >= 0.6 is 23.2 Å². The van der Waals surface area contributed by atoms with Gasteiger partial charge in [0.15, 0.2) is 0 Å². The first-order valence-electron chi connectivity index (χ1n) is 8.22. The zero-order chi connectivity index (χ0) is 16.6. The number of fused-ring (bicyclic) bond motifs is 2. The third-order valence-electron chi connectivity index (χ3n) is 5.03. The second-order valence-electron chi connectivity index (χ2n) is 6.47. The van der Waals surface area contributed by atoms with Crippen LogP contribution in [0.1, 0.15) is 24.0 Å². The minimum Gasteiger partial charge on any atom is -0.492 e. The van der Waals surface area contributed by atoms with Gasteiger partial charge in [0, 0.05) is 32.7 Å². The summed E-state index contributed by atoms with van der Waals surface area (Å²) in [6.45, 7) is 3.20. The Morgan fingerprint density at radius 1 is 1.08 bits per heavy atom. The molecule has 1 saturated heterocycles. The first-order valence-corrected chi connectivity index (χ1v) is 8.97. The van der Waals surface area contributed by atoms with Gasteiger partial charge in [-0.25, -0.2) is 0 Å². The maximum Gasteiger partial charge on any atom is 0.126 e. The van der Waals surface area contributed by atoms with Gasteiger partial charge in [-0.05, 0) is 44.1 Å². The van der Waals surface area contributed by atoms with Crippen molar-refractivity contribution in [3.05, 3.63) is 57.6 Å². The van der Waals surface area contributed by atoms with Crippen LogP contribution in [-0.2, 0) is 12.0 Å². The maximum absolute atomic E-state index is 6.19. The van der Waals surface area contributed by atoms with E-state index in [1.165, 1.54) is 5.56 Å². The number of hydrogen-bond donors (Lipinski definition) is 1. The minimum atomic E-state index is 0.172. The number of nitrogens with one attached hydrogen (secondary N) is 1. The molecule has 2 aromatic carbocycles. The average Bonchev–Trinajstić information content (AvgIpc) is 2.93. The van der Waals surface area contributed by atoms with E-state index in [1.807, 2.05) is 30.3 Å². The SMILES string of the molecule is Clc1cccc(Cl)c1COc1ccc2c(c1)OCC21CCNCC1. The Bertz CT molecular complexity index is 737. The predicted molar refractivity (Wildman–Crippen MR) is 96.5 cm³/mol. The van der Waals surface area contributed by atoms with Crippen molar-refractivity contribution in [1.82, 2.24) is 5.32 Å². The fourth-order valence-corrected chi connectivity index (χ4v) is 4.09. The lowest BCUT2D eigenvalue weighted by atomic mass is 9.75. The van der Waals surface area contributed by atoms with Crippen molar-refractivity contribution in [3.8, 4) is 11.5 Å². The van der Waals surface area contributed by atoms with Crippen molar-refractivity contribution in [2.75, 3.05) is 19.7 Å². The Morgan fingerprint density at radius 2 is 1.83 bits per heavy atom. The van der Waals surface area contributed by atoms with Crippen LogP contribution in [0.25, 0.3) is 0 Å². The highest BCUT2D eigenvalue weighted by atomic mass is 35.5. The van der Waals surface area contributed by atoms with Crippen LogP contribution in [0.3, 0.4) is 0 Å². The molecule has 2 aliphatic rings. The number of hydrogen-bond acceptors (Lipinski definition) is 3. The Balaban J connectivity index is 1.52. The van der Waals surface area contributed by atoms with Gasteiger partial charge < -0.3 is 14.8 Å². The van der Waals surface area contributed by atoms with Gasteiger partial charge in [0.05, 0.1) is 6.61 Å². The molecule has 0 atom stereocenters. The fourth-order valence-electron chi connectivity index (χ4n) is 3.59. The zero-order valence-electron chi connectivity index (χ0n) is 13.3. The van der Waals surface area contributed by atoms with E-state index in [2.05, 4.69) is 11.4 Å². The fraction of sp³-hybridized carbons (Fsp3) is 0.368. The summed E-state index contributed by atoms with van der Waals surface area (Å²) in [6.07, 6.45) is 2.24. The van der Waals surface area contributed by atoms with E-state index < -0.39 is 0 Å². The summed E-state index contributed by atoms with van der Waals surface area (Å²) in [4.78, 5) is 0.